The molecule has 1 N–H and O–H groups in total. The molecule has 0 radical (unpaired) electrons. The van der Waals surface area contributed by atoms with E-state index < -0.39 is 30.4 Å². The smallest absolute Gasteiger partial charge is 0.437 e. The maximum atomic E-state index is 12.0. The number of benzene rings is 1. The summed E-state index contributed by atoms with van der Waals surface area (Å²) in [6, 6.07) is 6.86. The van der Waals surface area contributed by atoms with Crippen LogP contribution in [0.25, 0.3) is 0 Å². The van der Waals surface area contributed by atoms with Gasteiger partial charge < -0.3 is 23.7 Å². The van der Waals surface area contributed by atoms with Crippen LogP contribution >= 0.6 is 0 Å². The van der Waals surface area contributed by atoms with Crippen molar-refractivity contribution in [3.8, 4) is 5.75 Å². The standard InChI is InChI=1S/C23H34N2O7/c1-5-6-7-8-9-14-28-21-20-19(30-23(2,3)31-20)18(29-21)15-24-32-22(26)25-16-10-12-17(27-4)13-11-16/h10-13,15,18-21H,5-9,14H2,1-4H3,(H,25,26)/t18-,19+,20+,21+/m1/s1. The first-order valence-electron chi connectivity index (χ1n) is 11.2. The Balaban J connectivity index is 1.48. The van der Waals surface area contributed by atoms with Gasteiger partial charge in [-0.05, 0) is 44.5 Å². The summed E-state index contributed by atoms with van der Waals surface area (Å²) >= 11 is 0. The molecule has 0 bridgehead atoms. The molecule has 2 aliphatic heterocycles. The first-order valence-corrected chi connectivity index (χ1v) is 11.2. The van der Waals surface area contributed by atoms with Gasteiger partial charge in [-0.25, -0.2) is 4.79 Å². The van der Waals surface area contributed by atoms with E-state index >= 15 is 0 Å². The Labute approximate surface area is 189 Å². The summed E-state index contributed by atoms with van der Waals surface area (Å²) in [6.45, 7) is 6.47. The van der Waals surface area contributed by atoms with Crippen molar-refractivity contribution < 1.29 is 33.3 Å². The largest absolute Gasteiger partial charge is 0.497 e. The number of hydrogen-bond donors (Lipinski definition) is 1. The number of carbonyl (C=O) groups excluding carboxylic acids is 1. The third kappa shape index (κ3) is 6.90. The van der Waals surface area contributed by atoms with Crippen molar-refractivity contribution in [1.82, 2.24) is 0 Å². The van der Waals surface area contributed by atoms with Gasteiger partial charge in [-0.1, -0.05) is 37.8 Å². The van der Waals surface area contributed by atoms with Crippen LogP contribution in [0.15, 0.2) is 29.4 Å². The van der Waals surface area contributed by atoms with Gasteiger partial charge in [-0.2, -0.15) is 0 Å². The van der Waals surface area contributed by atoms with E-state index in [1.165, 1.54) is 25.5 Å². The van der Waals surface area contributed by atoms with Crippen LogP contribution in [0.2, 0.25) is 0 Å². The molecule has 0 unspecified atom stereocenters. The van der Waals surface area contributed by atoms with E-state index in [1.807, 2.05) is 13.8 Å². The summed E-state index contributed by atoms with van der Waals surface area (Å²) in [5.41, 5.74) is 0.560. The van der Waals surface area contributed by atoms with Crippen LogP contribution in [-0.2, 0) is 23.8 Å². The third-order valence-corrected chi connectivity index (χ3v) is 5.26. The number of methoxy groups -OCH3 is 1. The van der Waals surface area contributed by atoms with Crippen LogP contribution in [0.1, 0.15) is 52.9 Å². The highest BCUT2D eigenvalue weighted by molar-refractivity contribution is 5.84. The van der Waals surface area contributed by atoms with Gasteiger partial charge in [0.2, 0.25) is 0 Å². The predicted molar refractivity (Wildman–Crippen MR) is 119 cm³/mol. The highest BCUT2D eigenvalue weighted by atomic mass is 16.8. The Bertz CT molecular complexity index is 753. The molecule has 9 nitrogen and oxygen atoms in total. The molecule has 0 aromatic heterocycles. The van der Waals surface area contributed by atoms with E-state index in [9.17, 15) is 4.79 Å². The Hall–Kier alpha value is -2.20. The minimum absolute atomic E-state index is 0.370. The van der Waals surface area contributed by atoms with Crippen LogP contribution in [-0.4, -0.2) is 56.4 Å². The van der Waals surface area contributed by atoms with E-state index in [2.05, 4.69) is 17.4 Å². The van der Waals surface area contributed by atoms with Gasteiger partial charge in [0.05, 0.1) is 13.3 Å². The Kier molecular flexibility index (Phi) is 8.86. The minimum atomic E-state index is -0.749. The van der Waals surface area contributed by atoms with Crippen molar-refractivity contribution >= 4 is 18.0 Å². The predicted octanol–water partition coefficient (Wildman–Crippen LogP) is 4.46. The molecule has 2 aliphatic rings. The molecule has 2 fully saturated rings. The molecule has 3 rings (SSSR count). The number of nitrogens with zero attached hydrogens (tertiary/aromatic N) is 1. The van der Waals surface area contributed by atoms with Crippen LogP contribution < -0.4 is 10.1 Å². The number of oxime groups is 1. The highest BCUT2D eigenvalue weighted by Gasteiger charge is 2.55. The molecule has 32 heavy (non-hydrogen) atoms. The molecular formula is C23H34N2O7. The summed E-state index contributed by atoms with van der Waals surface area (Å²) in [6.07, 6.45) is 4.54. The van der Waals surface area contributed by atoms with Gasteiger partial charge in [-0.15, -0.1) is 0 Å². The average Bonchev–Trinajstić information content (AvgIpc) is 3.24. The van der Waals surface area contributed by atoms with Crippen molar-refractivity contribution in [2.75, 3.05) is 19.0 Å². The summed E-state index contributed by atoms with van der Waals surface area (Å²) in [5.74, 6) is -0.0603. The highest BCUT2D eigenvalue weighted by Crippen LogP contribution is 2.38. The lowest BCUT2D eigenvalue weighted by Crippen LogP contribution is -2.31. The lowest BCUT2D eigenvalue weighted by Gasteiger charge is -2.23. The minimum Gasteiger partial charge on any atom is -0.497 e. The van der Waals surface area contributed by atoms with E-state index in [0.717, 1.165) is 12.8 Å². The topological polar surface area (TPSA) is 96.8 Å². The number of hydrogen-bond acceptors (Lipinski definition) is 8. The molecule has 0 spiro atoms. The van der Waals surface area contributed by atoms with E-state index in [-0.39, 0.29) is 6.10 Å². The normalized spacial score (nSPS) is 26.2. The summed E-state index contributed by atoms with van der Waals surface area (Å²) < 4.78 is 28.9. The van der Waals surface area contributed by atoms with E-state index in [4.69, 9.17) is 28.5 Å². The van der Waals surface area contributed by atoms with Gasteiger partial charge in [0, 0.05) is 12.3 Å². The number of ether oxygens (including phenoxy) is 5. The molecule has 2 saturated heterocycles. The third-order valence-electron chi connectivity index (χ3n) is 5.26. The van der Waals surface area contributed by atoms with Gasteiger partial charge in [0.25, 0.3) is 0 Å². The molecule has 4 atom stereocenters. The van der Waals surface area contributed by atoms with Crippen LogP contribution in [0.4, 0.5) is 10.5 Å². The molecule has 0 aliphatic carbocycles. The Morgan fingerprint density at radius 2 is 1.84 bits per heavy atom. The second kappa shape index (κ2) is 11.6. The fraction of sp³-hybridized carbons (Fsp3) is 0.652. The molecule has 0 saturated carbocycles. The van der Waals surface area contributed by atoms with Crippen LogP contribution in [0.5, 0.6) is 5.75 Å². The maximum Gasteiger partial charge on any atom is 0.437 e. The summed E-state index contributed by atoms with van der Waals surface area (Å²) in [5, 5.41) is 6.36. The van der Waals surface area contributed by atoms with Crippen molar-refractivity contribution in [2.45, 2.75) is 83.3 Å². The van der Waals surface area contributed by atoms with Crippen molar-refractivity contribution in [1.29, 1.82) is 0 Å². The van der Waals surface area contributed by atoms with Gasteiger partial charge in [0.1, 0.15) is 24.1 Å². The molecule has 9 heteroatoms. The monoisotopic (exact) mass is 450 g/mol. The van der Waals surface area contributed by atoms with E-state index in [1.54, 1.807) is 31.4 Å². The quantitative estimate of drug-likeness (QED) is 0.230. The summed E-state index contributed by atoms with van der Waals surface area (Å²) in [7, 11) is 1.57. The fourth-order valence-corrected chi connectivity index (χ4v) is 3.70. The lowest BCUT2D eigenvalue weighted by atomic mass is 10.1. The number of amides is 1. The average molecular weight is 451 g/mol. The lowest BCUT2D eigenvalue weighted by molar-refractivity contribution is -0.225. The zero-order chi connectivity index (χ0) is 23.0. The van der Waals surface area contributed by atoms with Gasteiger partial charge >= 0.3 is 6.09 Å². The first kappa shape index (κ1) is 24.4. The Morgan fingerprint density at radius 3 is 2.56 bits per heavy atom. The molecule has 1 aromatic carbocycles. The molecule has 178 valence electrons. The van der Waals surface area contributed by atoms with Crippen molar-refractivity contribution in [2.24, 2.45) is 5.16 Å². The van der Waals surface area contributed by atoms with Gasteiger partial charge in [0.15, 0.2) is 12.1 Å². The number of nitrogens with one attached hydrogen (secondary N) is 1. The van der Waals surface area contributed by atoms with E-state index in [0.29, 0.717) is 18.0 Å². The van der Waals surface area contributed by atoms with Gasteiger partial charge in [-0.3, -0.25) is 10.2 Å². The SMILES string of the molecule is CCCCCCCO[C@H]1O[C@H](C=NOC(=O)Nc2ccc(OC)cc2)[C@@H]2OC(C)(C)O[C@H]12. The number of anilines is 1. The molecule has 1 aromatic rings. The number of unbranched alkanes of at least 4 members (excludes halogenated alkanes) is 4. The molecule has 1 amide bonds. The van der Waals surface area contributed by atoms with Crippen molar-refractivity contribution in [3.63, 3.8) is 0 Å². The molecular weight excluding hydrogens is 416 g/mol. The summed E-state index contributed by atoms with van der Waals surface area (Å²) in [4.78, 5) is 16.9. The van der Waals surface area contributed by atoms with Crippen molar-refractivity contribution in [3.05, 3.63) is 24.3 Å². The Morgan fingerprint density at radius 1 is 1.12 bits per heavy atom. The second-order valence-corrected chi connectivity index (χ2v) is 8.31. The van der Waals surface area contributed by atoms with Crippen LogP contribution in [0.3, 0.4) is 0 Å². The second-order valence-electron chi connectivity index (χ2n) is 8.31. The number of fused-ring (bicyclic) bond motifs is 1. The molecule has 2 heterocycles. The maximum absolute atomic E-state index is 12.0. The first-order chi connectivity index (χ1) is 15.4. The zero-order valence-electron chi connectivity index (χ0n) is 19.2. The number of rotatable bonds is 11. The fourth-order valence-electron chi connectivity index (χ4n) is 3.70. The zero-order valence-corrected chi connectivity index (χ0v) is 19.2. The van der Waals surface area contributed by atoms with Crippen LogP contribution in [0, 0.1) is 0 Å². The number of carbonyl (C=O) groups is 1.